The molecule has 2 aromatic carbocycles. The lowest BCUT2D eigenvalue weighted by molar-refractivity contribution is -0.118. The van der Waals surface area contributed by atoms with Gasteiger partial charge in [0.1, 0.15) is 5.75 Å². The number of amides is 2. The molecule has 2 amide bonds. The Kier molecular flexibility index (Phi) is 6.37. The van der Waals surface area contributed by atoms with Crippen LogP contribution >= 0.6 is 15.9 Å². The summed E-state index contributed by atoms with van der Waals surface area (Å²) in [6, 6.07) is 12.4. The van der Waals surface area contributed by atoms with Crippen molar-refractivity contribution in [1.29, 1.82) is 0 Å². The molecule has 5 nitrogen and oxygen atoms in total. The summed E-state index contributed by atoms with van der Waals surface area (Å²) in [5.41, 5.74) is 2.00. The molecule has 0 fully saturated rings. The summed E-state index contributed by atoms with van der Waals surface area (Å²) in [6.07, 6.45) is 0. The number of ether oxygens (including phenoxy) is 1. The predicted molar refractivity (Wildman–Crippen MR) is 97.5 cm³/mol. The van der Waals surface area contributed by atoms with E-state index in [0.29, 0.717) is 23.5 Å². The van der Waals surface area contributed by atoms with Crippen LogP contribution in [0.5, 0.6) is 5.75 Å². The Balaban J connectivity index is 1.95. The van der Waals surface area contributed by atoms with Gasteiger partial charge in [0.25, 0.3) is 11.8 Å². The number of anilines is 1. The zero-order chi connectivity index (χ0) is 17.5. The van der Waals surface area contributed by atoms with Gasteiger partial charge in [0, 0.05) is 22.3 Å². The Morgan fingerprint density at radius 1 is 1.17 bits per heavy atom. The highest BCUT2D eigenvalue weighted by atomic mass is 79.9. The van der Waals surface area contributed by atoms with Crippen molar-refractivity contribution in [3.8, 4) is 5.75 Å². The van der Waals surface area contributed by atoms with Crippen molar-refractivity contribution in [2.75, 3.05) is 18.5 Å². The summed E-state index contributed by atoms with van der Waals surface area (Å²) in [5, 5.41) is 5.45. The minimum atomic E-state index is -0.287. The van der Waals surface area contributed by atoms with Crippen molar-refractivity contribution in [3.63, 3.8) is 0 Å². The van der Waals surface area contributed by atoms with Crippen molar-refractivity contribution in [2.45, 2.75) is 13.8 Å². The fourth-order valence-electron chi connectivity index (χ4n) is 2.12. The van der Waals surface area contributed by atoms with Gasteiger partial charge in [0.05, 0.1) is 0 Å². The Bertz CT molecular complexity index is 747. The molecule has 0 aliphatic heterocycles. The second kappa shape index (κ2) is 8.49. The summed E-state index contributed by atoms with van der Waals surface area (Å²) < 4.78 is 6.49. The molecule has 0 spiro atoms. The fraction of sp³-hybridized carbons (Fsp3) is 0.222. The van der Waals surface area contributed by atoms with E-state index >= 15 is 0 Å². The maximum Gasteiger partial charge on any atom is 0.262 e. The van der Waals surface area contributed by atoms with E-state index in [-0.39, 0.29) is 18.4 Å². The average Bonchev–Trinajstić information content (AvgIpc) is 2.54. The largest absolute Gasteiger partial charge is 0.483 e. The van der Waals surface area contributed by atoms with Crippen molar-refractivity contribution < 1.29 is 14.3 Å². The number of hydrogen-bond acceptors (Lipinski definition) is 3. The lowest BCUT2D eigenvalue weighted by atomic mass is 10.2. The van der Waals surface area contributed by atoms with Gasteiger partial charge in [0.15, 0.2) is 6.61 Å². The van der Waals surface area contributed by atoms with E-state index in [9.17, 15) is 9.59 Å². The van der Waals surface area contributed by atoms with Crippen molar-refractivity contribution >= 4 is 33.4 Å². The first kappa shape index (κ1) is 18.0. The van der Waals surface area contributed by atoms with E-state index in [0.717, 1.165) is 10.0 Å². The highest BCUT2D eigenvalue weighted by molar-refractivity contribution is 9.10. The maximum absolute atomic E-state index is 12.0. The monoisotopic (exact) mass is 390 g/mol. The third kappa shape index (κ3) is 5.09. The second-order valence-electron chi connectivity index (χ2n) is 5.19. The van der Waals surface area contributed by atoms with Crippen LogP contribution in [-0.4, -0.2) is 25.0 Å². The number of carbonyl (C=O) groups excluding carboxylic acids is 2. The van der Waals surface area contributed by atoms with Gasteiger partial charge in [-0.2, -0.15) is 0 Å². The molecular weight excluding hydrogens is 372 g/mol. The Labute approximate surface area is 149 Å². The van der Waals surface area contributed by atoms with Gasteiger partial charge >= 0.3 is 0 Å². The zero-order valence-corrected chi connectivity index (χ0v) is 15.1. The van der Waals surface area contributed by atoms with Crippen LogP contribution in [0.1, 0.15) is 22.8 Å². The predicted octanol–water partition coefficient (Wildman–Crippen LogP) is 3.52. The van der Waals surface area contributed by atoms with Gasteiger partial charge in [-0.25, -0.2) is 0 Å². The van der Waals surface area contributed by atoms with Gasteiger partial charge in [-0.1, -0.05) is 22.0 Å². The minimum absolute atomic E-state index is 0.103. The number of aryl methyl sites for hydroxylation is 1. The highest BCUT2D eigenvalue weighted by Gasteiger charge is 2.08. The summed E-state index contributed by atoms with van der Waals surface area (Å²) in [6.45, 7) is 4.21. The number of rotatable bonds is 6. The van der Waals surface area contributed by atoms with Crippen LogP contribution in [-0.2, 0) is 4.79 Å². The van der Waals surface area contributed by atoms with E-state index in [1.54, 1.807) is 24.3 Å². The number of halogens is 1. The van der Waals surface area contributed by atoms with Crippen molar-refractivity contribution in [1.82, 2.24) is 5.32 Å². The van der Waals surface area contributed by atoms with Crippen LogP contribution in [0.25, 0.3) is 0 Å². The van der Waals surface area contributed by atoms with E-state index in [1.807, 2.05) is 32.0 Å². The molecule has 0 aliphatic rings. The number of benzene rings is 2. The van der Waals surface area contributed by atoms with Crippen LogP contribution in [0.3, 0.4) is 0 Å². The zero-order valence-electron chi connectivity index (χ0n) is 13.6. The lowest BCUT2D eigenvalue weighted by Gasteiger charge is -2.10. The fourth-order valence-corrected chi connectivity index (χ4v) is 2.59. The van der Waals surface area contributed by atoms with Gasteiger partial charge in [-0.3, -0.25) is 9.59 Å². The molecule has 0 aliphatic carbocycles. The molecule has 0 saturated heterocycles. The quantitative estimate of drug-likeness (QED) is 0.792. The standard InChI is InChI=1S/C18H19BrN2O3/c1-3-20-18(23)13-5-4-6-15(10-13)21-17(22)11-24-16-8-7-14(19)9-12(16)2/h4-10H,3,11H2,1-2H3,(H,20,23)(H,21,22). The molecule has 2 N–H and O–H groups in total. The van der Waals surface area contributed by atoms with E-state index in [1.165, 1.54) is 0 Å². The second-order valence-corrected chi connectivity index (χ2v) is 6.10. The highest BCUT2D eigenvalue weighted by Crippen LogP contribution is 2.22. The first-order valence-corrected chi connectivity index (χ1v) is 8.36. The molecule has 24 heavy (non-hydrogen) atoms. The van der Waals surface area contributed by atoms with E-state index < -0.39 is 0 Å². The maximum atomic E-state index is 12.0. The normalized spacial score (nSPS) is 10.1. The van der Waals surface area contributed by atoms with Crippen LogP contribution in [0.15, 0.2) is 46.9 Å². The topological polar surface area (TPSA) is 67.4 Å². The van der Waals surface area contributed by atoms with E-state index in [2.05, 4.69) is 26.6 Å². The van der Waals surface area contributed by atoms with Gasteiger partial charge in [0.2, 0.25) is 0 Å². The molecule has 0 atom stereocenters. The number of carbonyl (C=O) groups is 2. The van der Waals surface area contributed by atoms with Gasteiger partial charge in [-0.15, -0.1) is 0 Å². The van der Waals surface area contributed by atoms with Crippen molar-refractivity contribution in [3.05, 3.63) is 58.1 Å². The number of hydrogen-bond donors (Lipinski definition) is 2. The summed E-state index contributed by atoms with van der Waals surface area (Å²) in [7, 11) is 0. The van der Waals surface area contributed by atoms with E-state index in [4.69, 9.17) is 4.74 Å². The Morgan fingerprint density at radius 2 is 1.96 bits per heavy atom. The van der Waals surface area contributed by atoms with Crippen LogP contribution in [0, 0.1) is 6.92 Å². The molecule has 6 heteroatoms. The van der Waals surface area contributed by atoms with Crippen LogP contribution in [0.2, 0.25) is 0 Å². The van der Waals surface area contributed by atoms with Gasteiger partial charge in [-0.05, 0) is 55.8 Å². The summed E-state index contributed by atoms with van der Waals surface area (Å²) in [5.74, 6) is 0.199. The molecule has 2 aromatic rings. The minimum Gasteiger partial charge on any atom is -0.483 e. The molecule has 0 unspecified atom stereocenters. The lowest BCUT2D eigenvalue weighted by Crippen LogP contribution is -2.23. The third-order valence-electron chi connectivity index (χ3n) is 3.24. The molecular formula is C18H19BrN2O3. The van der Waals surface area contributed by atoms with Crippen LogP contribution < -0.4 is 15.4 Å². The first-order valence-electron chi connectivity index (χ1n) is 7.56. The smallest absolute Gasteiger partial charge is 0.262 e. The first-order chi connectivity index (χ1) is 11.5. The summed E-state index contributed by atoms with van der Waals surface area (Å²) in [4.78, 5) is 23.8. The molecule has 0 heterocycles. The molecule has 0 aromatic heterocycles. The molecule has 126 valence electrons. The average molecular weight is 391 g/mol. The third-order valence-corrected chi connectivity index (χ3v) is 3.73. The SMILES string of the molecule is CCNC(=O)c1cccc(NC(=O)COc2ccc(Br)cc2C)c1. The molecule has 0 radical (unpaired) electrons. The van der Waals surface area contributed by atoms with Gasteiger partial charge < -0.3 is 15.4 Å². The molecule has 2 rings (SSSR count). The Morgan fingerprint density at radius 3 is 2.67 bits per heavy atom. The Hall–Kier alpha value is -2.34. The molecule has 0 bridgehead atoms. The van der Waals surface area contributed by atoms with Crippen LogP contribution in [0.4, 0.5) is 5.69 Å². The van der Waals surface area contributed by atoms with Crippen molar-refractivity contribution in [2.24, 2.45) is 0 Å². The molecule has 0 saturated carbocycles. The summed E-state index contributed by atoms with van der Waals surface area (Å²) >= 11 is 3.38. The number of nitrogens with one attached hydrogen (secondary N) is 2.